The molecule has 0 spiro atoms. The summed E-state index contributed by atoms with van der Waals surface area (Å²) in [5.41, 5.74) is 1.61. The molecule has 22 heavy (non-hydrogen) atoms. The van der Waals surface area contributed by atoms with Crippen molar-refractivity contribution in [1.82, 2.24) is 0 Å². The normalized spacial score (nSPS) is 31.3. The molecule has 2 aliphatic carbocycles. The number of aliphatic hydroxyl groups is 1. The summed E-state index contributed by atoms with van der Waals surface area (Å²) in [5.74, 6) is 2.15. The van der Waals surface area contributed by atoms with E-state index in [1.807, 2.05) is 0 Å². The van der Waals surface area contributed by atoms with E-state index in [2.05, 4.69) is 66.7 Å². The molecule has 0 amide bonds. The largest absolute Gasteiger partial charge is 0.545 e. The van der Waals surface area contributed by atoms with E-state index < -0.39 is 8.32 Å². The van der Waals surface area contributed by atoms with Crippen molar-refractivity contribution in [3.8, 4) is 0 Å². The summed E-state index contributed by atoms with van der Waals surface area (Å²) in [6.45, 7) is 16.2. The fourth-order valence-corrected chi connectivity index (χ4v) is 10.5. The maximum Gasteiger partial charge on any atom is 0.258 e. The zero-order valence-corrected chi connectivity index (χ0v) is 16.4. The second kappa shape index (κ2) is 6.16. The van der Waals surface area contributed by atoms with Crippen LogP contribution in [0.1, 0.15) is 54.9 Å². The fourth-order valence-electron chi connectivity index (χ4n) is 5.17. The molecule has 2 nitrogen and oxygen atoms in total. The Balaban J connectivity index is 2.32. The van der Waals surface area contributed by atoms with Crippen LogP contribution in [0.25, 0.3) is 0 Å². The van der Waals surface area contributed by atoms with Gasteiger partial charge in [-0.2, -0.15) is 0 Å². The van der Waals surface area contributed by atoms with Gasteiger partial charge in [-0.05, 0) is 47.9 Å². The van der Waals surface area contributed by atoms with Crippen LogP contribution in [0.5, 0.6) is 0 Å². The molecule has 3 atom stereocenters. The summed E-state index contributed by atoms with van der Waals surface area (Å²) >= 11 is 0. The summed E-state index contributed by atoms with van der Waals surface area (Å²) in [6, 6.07) is 0. The Bertz CT molecular complexity index is 442. The predicted octanol–water partition coefficient (Wildman–Crippen LogP) is 5.27. The first-order chi connectivity index (χ1) is 10.3. The molecule has 0 saturated heterocycles. The van der Waals surface area contributed by atoms with E-state index >= 15 is 0 Å². The third kappa shape index (κ3) is 2.32. The first kappa shape index (κ1) is 17.8. The van der Waals surface area contributed by atoms with Gasteiger partial charge in [0.05, 0.1) is 17.8 Å². The Labute approximate surface area is 137 Å². The van der Waals surface area contributed by atoms with Crippen LogP contribution >= 0.6 is 0 Å². The first-order valence-electron chi connectivity index (χ1n) is 8.92. The molecular formula is C19H34O2Si. The zero-order valence-electron chi connectivity index (χ0n) is 15.4. The number of hydrogen-bond acceptors (Lipinski definition) is 2. The highest BCUT2D eigenvalue weighted by Gasteiger charge is 2.69. The van der Waals surface area contributed by atoms with Gasteiger partial charge in [-0.3, -0.25) is 0 Å². The molecular weight excluding hydrogens is 288 g/mol. The topological polar surface area (TPSA) is 29.5 Å². The molecule has 2 aliphatic rings. The number of fused-ring (bicyclic) bond motifs is 1. The van der Waals surface area contributed by atoms with E-state index in [0.29, 0.717) is 28.5 Å². The summed E-state index contributed by atoms with van der Waals surface area (Å²) in [7, 11) is -1.93. The van der Waals surface area contributed by atoms with Crippen LogP contribution in [0.2, 0.25) is 16.6 Å². The second-order valence-electron chi connectivity index (χ2n) is 8.08. The lowest BCUT2D eigenvalue weighted by molar-refractivity contribution is 0.179. The molecule has 0 unspecified atom stereocenters. The lowest BCUT2D eigenvalue weighted by Crippen LogP contribution is -2.48. The molecule has 1 fully saturated rings. The lowest BCUT2D eigenvalue weighted by atomic mass is 10.0. The van der Waals surface area contributed by atoms with E-state index in [0.717, 1.165) is 12.2 Å². The maximum atomic E-state index is 10.1. The van der Waals surface area contributed by atoms with Gasteiger partial charge in [0.25, 0.3) is 8.32 Å². The minimum Gasteiger partial charge on any atom is -0.545 e. The van der Waals surface area contributed by atoms with Crippen LogP contribution in [0.4, 0.5) is 0 Å². The van der Waals surface area contributed by atoms with Gasteiger partial charge in [0, 0.05) is 0 Å². The van der Waals surface area contributed by atoms with Crippen LogP contribution in [0.15, 0.2) is 24.0 Å². The molecule has 2 rings (SSSR count). The smallest absolute Gasteiger partial charge is 0.258 e. The molecule has 1 N–H and O–H groups in total. The first-order valence-corrected chi connectivity index (χ1v) is 11.1. The van der Waals surface area contributed by atoms with Crippen LogP contribution in [0.3, 0.4) is 0 Å². The monoisotopic (exact) mass is 322 g/mol. The molecule has 0 aromatic rings. The van der Waals surface area contributed by atoms with Gasteiger partial charge in [0.2, 0.25) is 0 Å². The number of hydrogen-bond donors (Lipinski definition) is 1. The van der Waals surface area contributed by atoms with Crippen molar-refractivity contribution in [1.29, 1.82) is 0 Å². The van der Waals surface area contributed by atoms with Gasteiger partial charge in [-0.25, -0.2) is 0 Å². The minimum atomic E-state index is -1.93. The van der Waals surface area contributed by atoms with Gasteiger partial charge in [0.1, 0.15) is 0 Å². The second-order valence-corrected chi connectivity index (χ2v) is 13.5. The zero-order chi connectivity index (χ0) is 16.7. The van der Waals surface area contributed by atoms with E-state index in [9.17, 15) is 5.11 Å². The third-order valence-corrected chi connectivity index (χ3v) is 12.2. The molecule has 3 heteroatoms. The SMILES string of the molecule is C/C=C\[C@@H]1[C@H]2CC=C(O[Si](C(C)C)(C(C)C)C(C)C)[C@@]12CO. The molecule has 0 bridgehead atoms. The van der Waals surface area contributed by atoms with E-state index in [1.165, 1.54) is 0 Å². The highest BCUT2D eigenvalue weighted by atomic mass is 28.4. The Hall–Kier alpha value is -0.543. The Morgan fingerprint density at radius 1 is 1.23 bits per heavy atom. The van der Waals surface area contributed by atoms with Crippen molar-refractivity contribution < 1.29 is 9.53 Å². The molecule has 0 aromatic heterocycles. The molecule has 0 radical (unpaired) electrons. The average molecular weight is 323 g/mol. The van der Waals surface area contributed by atoms with E-state index in [-0.39, 0.29) is 12.0 Å². The summed E-state index contributed by atoms with van der Waals surface area (Å²) in [5, 5.41) is 10.1. The Kier molecular flexibility index (Phi) is 4.99. The highest BCUT2D eigenvalue weighted by Crippen LogP contribution is 2.70. The molecule has 1 saturated carbocycles. The Morgan fingerprint density at radius 3 is 2.18 bits per heavy atom. The predicted molar refractivity (Wildman–Crippen MR) is 96.1 cm³/mol. The lowest BCUT2D eigenvalue weighted by Gasteiger charge is -2.44. The number of allylic oxidation sites excluding steroid dienone is 3. The van der Waals surface area contributed by atoms with E-state index in [4.69, 9.17) is 4.43 Å². The van der Waals surface area contributed by atoms with Crippen molar-refractivity contribution in [3.63, 3.8) is 0 Å². The fraction of sp³-hybridized carbons (Fsp3) is 0.789. The number of aliphatic hydroxyl groups excluding tert-OH is 1. The minimum absolute atomic E-state index is 0.108. The average Bonchev–Trinajstić information content (AvgIpc) is 2.90. The van der Waals surface area contributed by atoms with Crippen LogP contribution in [0, 0.1) is 17.3 Å². The van der Waals surface area contributed by atoms with Gasteiger partial charge in [-0.15, -0.1) is 0 Å². The maximum absolute atomic E-state index is 10.1. The van der Waals surface area contributed by atoms with Crippen molar-refractivity contribution in [2.45, 2.75) is 71.5 Å². The molecule has 0 aliphatic heterocycles. The highest BCUT2D eigenvalue weighted by molar-refractivity contribution is 6.77. The van der Waals surface area contributed by atoms with Crippen molar-refractivity contribution >= 4 is 8.32 Å². The standard InChI is InChI=1S/C19H34O2Si/c1-8-9-16-17-10-11-18(19(16,17)12-20)21-22(13(2)3,14(4)5)15(6)7/h8-9,11,13-17,20H,10,12H2,1-7H3/b9-8-/t16-,17-,19+/m1/s1. The van der Waals surface area contributed by atoms with Gasteiger partial charge >= 0.3 is 0 Å². The van der Waals surface area contributed by atoms with Crippen LogP contribution in [-0.2, 0) is 4.43 Å². The third-order valence-electron chi connectivity index (χ3n) is 6.25. The molecule has 0 heterocycles. The molecule has 126 valence electrons. The summed E-state index contributed by atoms with van der Waals surface area (Å²) < 4.78 is 6.91. The quantitative estimate of drug-likeness (QED) is 0.511. The van der Waals surface area contributed by atoms with Crippen molar-refractivity contribution in [3.05, 3.63) is 24.0 Å². The van der Waals surface area contributed by atoms with Crippen LogP contribution < -0.4 is 0 Å². The van der Waals surface area contributed by atoms with E-state index in [1.54, 1.807) is 0 Å². The van der Waals surface area contributed by atoms with Crippen molar-refractivity contribution in [2.24, 2.45) is 17.3 Å². The van der Waals surface area contributed by atoms with Gasteiger partial charge in [0.15, 0.2) is 0 Å². The Morgan fingerprint density at radius 2 is 1.77 bits per heavy atom. The molecule has 0 aromatic carbocycles. The van der Waals surface area contributed by atoms with Crippen molar-refractivity contribution in [2.75, 3.05) is 6.61 Å². The van der Waals surface area contributed by atoms with Gasteiger partial charge < -0.3 is 9.53 Å². The summed E-state index contributed by atoms with van der Waals surface area (Å²) in [4.78, 5) is 0. The summed E-state index contributed by atoms with van der Waals surface area (Å²) in [6.07, 6.45) is 7.72. The van der Waals surface area contributed by atoms with Gasteiger partial charge in [-0.1, -0.05) is 53.7 Å². The van der Waals surface area contributed by atoms with Crippen LogP contribution in [-0.4, -0.2) is 20.0 Å². The number of rotatable bonds is 7.